The van der Waals surface area contributed by atoms with Crippen LogP contribution in [0.2, 0.25) is 0 Å². The summed E-state index contributed by atoms with van der Waals surface area (Å²) in [6, 6.07) is 8.12. The molecule has 1 atom stereocenters. The lowest BCUT2D eigenvalue weighted by Gasteiger charge is -2.29. The van der Waals surface area contributed by atoms with Crippen molar-refractivity contribution in [2.24, 2.45) is 0 Å². The predicted octanol–water partition coefficient (Wildman–Crippen LogP) is 3.39. The van der Waals surface area contributed by atoms with Crippen molar-refractivity contribution in [1.29, 1.82) is 0 Å². The number of benzene rings is 1. The van der Waals surface area contributed by atoms with Crippen LogP contribution in [0.15, 0.2) is 24.3 Å². The van der Waals surface area contributed by atoms with Crippen LogP contribution in [0.5, 0.6) is 0 Å². The smallest absolute Gasteiger partial charge is 0.242 e. The Hall–Kier alpha value is -1.71. The minimum Gasteiger partial charge on any atom is -0.374 e. The molecule has 0 radical (unpaired) electrons. The third-order valence-corrected chi connectivity index (χ3v) is 3.84. The summed E-state index contributed by atoms with van der Waals surface area (Å²) in [5.41, 5.74) is 2.04. The quantitative estimate of drug-likeness (QED) is 0.896. The number of nitrogens with zero attached hydrogens (tertiary/aromatic N) is 1. The van der Waals surface area contributed by atoms with Crippen molar-refractivity contribution in [1.82, 2.24) is 5.32 Å². The van der Waals surface area contributed by atoms with Crippen molar-refractivity contribution >= 4 is 17.3 Å². The molecule has 0 aliphatic carbocycles. The number of nitrogens with one attached hydrogen (secondary N) is 2. The maximum Gasteiger partial charge on any atom is 0.242 e. The van der Waals surface area contributed by atoms with Gasteiger partial charge in [0.2, 0.25) is 5.91 Å². The molecule has 122 valence electrons. The fourth-order valence-corrected chi connectivity index (χ4v) is 2.74. The van der Waals surface area contributed by atoms with E-state index in [2.05, 4.69) is 33.7 Å². The Bertz CT molecular complexity index is 501. The Labute approximate surface area is 134 Å². The van der Waals surface area contributed by atoms with Gasteiger partial charge in [-0.3, -0.25) is 4.79 Å². The third-order valence-electron chi connectivity index (χ3n) is 3.84. The van der Waals surface area contributed by atoms with Gasteiger partial charge in [-0.15, -0.1) is 0 Å². The Morgan fingerprint density at radius 3 is 2.50 bits per heavy atom. The van der Waals surface area contributed by atoms with Gasteiger partial charge in [0.1, 0.15) is 6.04 Å². The van der Waals surface area contributed by atoms with Crippen LogP contribution < -0.4 is 15.5 Å². The van der Waals surface area contributed by atoms with Crippen molar-refractivity contribution in [3.8, 4) is 0 Å². The molecule has 1 aliphatic rings. The fraction of sp³-hybridized carbons (Fsp3) is 0.611. The zero-order valence-electron chi connectivity index (χ0n) is 14.3. The van der Waals surface area contributed by atoms with Crippen molar-refractivity contribution in [2.45, 2.75) is 58.5 Å². The maximum absolute atomic E-state index is 12.2. The second-order valence-electron chi connectivity index (χ2n) is 7.20. The summed E-state index contributed by atoms with van der Waals surface area (Å²) in [5.74, 6) is 0.0240. The molecule has 2 N–H and O–H groups in total. The fourth-order valence-electron chi connectivity index (χ4n) is 2.74. The number of rotatable bonds is 4. The summed E-state index contributed by atoms with van der Waals surface area (Å²) in [5, 5.41) is 6.31. The second kappa shape index (κ2) is 7.03. The van der Waals surface area contributed by atoms with Crippen molar-refractivity contribution < 1.29 is 4.79 Å². The van der Waals surface area contributed by atoms with E-state index in [9.17, 15) is 4.79 Å². The first-order valence-corrected chi connectivity index (χ1v) is 8.29. The van der Waals surface area contributed by atoms with Crippen LogP contribution in [0.4, 0.5) is 11.4 Å². The highest BCUT2D eigenvalue weighted by Gasteiger charge is 2.19. The number of anilines is 2. The van der Waals surface area contributed by atoms with E-state index >= 15 is 0 Å². The van der Waals surface area contributed by atoms with Gasteiger partial charge in [-0.25, -0.2) is 0 Å². The highest BCUT2D eigenvalue weighted by Crippen LogP contribution is 2.23. The topological polar surface area (TPSA) is 44.4 Å². The molecular formula is C18H29N3O. The minimum absolute atomic E-state index is 0.0240. The molecule has 1 saturated heterocycles. The summed E-state index contributed by atoms with van der Waals surface area (Å²) in [6.07, 6.45) is 3.86. The zero-order valence-corrected chi connectivity index (χ0v) is 14.3. The molecule has 0 aromatic heterocycles. The SMILES string of the molecule is C[C@H](Nc1cccc(N2CCCCC2)c1)C(=O)NC(C)(C)C. The summed E-state index contributed by atoms with van der Waals surface area (Å²) in [4.78, 5) is 14.6. The number of amides is 1. The molecule has 1 heterocycles. The lowest BCUT2D eigenvalue weighted by Crippen LogP contribution is -2.47. The van der Waals surface area contributed by atoms with E-state index in [1.807, 2.05) is 33.8 Å². The molecule has 4 nitrogen and oxygen atoms in total. The average molecular weight is 303 g/mol. The Morgan fingerprint density at radius 2 is 1.86 bits per heavy atom. The van der Waals surface area contributed by atoms with Crippen LogP contribution in [0.1, 0.15) is 47.0 Å². The number of carbonyl (C=O) groups excluding carboxylic acids is 1. The van der Waals surface area contributed by atoms with Crippen molar-refractivity contribution in [3.63, 3.8) is 0 Å². The van der Waals surface area contributed by atoms with Gasteiger partial charge in [0.05, 0.1) is 0 Å². The lowest BCUT2D eigenvalue weighted by atomic mass is 10.1. The minimum atomic E-state index is -0.254. The molecular weight excluding hydrogens is 274 g/mol. The van der Waals surface area contributed by atoms with E-state index in [1.54, 1.807) is 0 Å². The Kier molecular flexibility index (Phi) is 5.33. The van der Waals surface area contributed by atoms with Crippen LogP contribution in [0.3, 0.4) is 0 Å². The van der Waals surface area contributed by atoms with Gasteiger partial charge in [-0.05, 0) is 65.2 Å². The number of hydrogen-bond donors (Lipinski definition) is 2. The van der Waals surface area contributed by atoms with Crippen LogP contribution in [0.25, 0.3) is 0 Å². The van der Waals surface area contributed by atoms with Gasteiger partial charge in [-0.1, -0.05) is 6.07 Å². The molecule has 1 aromatic carbocycles. The highest BCUT2D eigenvalue weighted by molar-refractivity contribution is 5.84. The zero-order chi connectivity index (χ0) is 16.2. The molecule has 2 rings (SSSR count). The van der Waals surface area contributed by atoms with Gasteiger partial charge in [0.15, 0.2) is 0 Å². The van der Waals surface area contributed by atoms with Gasteiger partial charge < -0.3 is 15.5 Å². The third kappa shape index (κ3) is 4.93. The normalized spacial score (nSPS) is 17.0. The molecule has 22 heavy (non-hydrogen) atoms. The molecule has 1 aromatic rings. The van der Waals surface area contributed by atoms with E-state index in [-0.39, 0.29) is 17.5 Å². The molecule has 1 amide bonds. The first-order valence-electron chi connectivity index (χ1n) is 8.29. The molecule has 0 bridgehead atoms. The molecule has 0 saturated carbocycles. The van der Waals surface area contributed by atoms with E-state index in [0.29, 0.717) is 0 Å². The van der Waals surface area contributed by atoms with Crippen LogP contribution in [-0.4, -0.2) is 30.6 Å². The van der Waals surface area contributed by atoms with E-state index in [0.717, 1.165) is 18.8 Å². The van der Waals surface area contributed by atoms with Gasteiger partial charge in [-0.2, -0.15) is 0 Å². The first kappa shape index (κ1) is 16.7. The maximum atomic E-state index is 12.2. The predicted molar refractivity (Wildman–Crippen MR) is 93.5 cm³/mol. The highest BCUT2D eigenvalue weighted by atomic mass is 16.2. The molecule has 4 heteroatoms. The summed E-state index contributed by atoms with van der Waals surface area (Å²) >= 11 is 0. The Morgan fingerprint density at radius 1 is 1.18 bits per heavy atom. The van der Waals surface area contributed by atoms with E-state index < -0.39 is 0 Å². The molecule has 1 aliphatic heterocycles. The van der Waals surface area contributed by atoms with Crippen LogP contribution >= 0.6 is 0 Å². The lowest BCUT2D eigenvalue weighted by molar-refractivity contribution is -0.122. The Balaban J connectivity index is 1.99. The second-order valence-corrected chi connectivity index (χ2v) is 7.20. The monoisotopic (exact) mass is 303 g/mol. The van der Waals surface area contributed by atoms with Gasteiger partial charge in [0, 0.05) is 30.0 Å². The molecule has 0 unspecified atom stereocenters. The van der Waals surface area contributed by atoms with Gasteiger partial charge in [0.25, 0.3) is 0 Å². The van der Waals surface area contributed by atoms with Crippen molar-refractivity contribution in [3.05, 3.63) is 24.3 Å². The first-order chi connectivity index (χ1) is 10.3. The number of carbonyl (C=O) groups is 1. The van der Waals surface area contributed by atoms with Crippen LogP contribution in [0, 0.1) is 0 Å². The average Bonchev–Trinajstić information content (AvgIpc) is 2.46. The standard InChI is InChI=1S/C18H29N3O/c1-14(17(22)20-18(2,3)4)19-15-9-8-10-16(13-15)21-11-6-5-7-12-21/h8-10,13-14,19H,5-7,11-12H2,1-4H3,(H,20,22)/t14-/m0/s1. The summed E-state index contributed by atoms with van der Waals surface area (Å²) in [6.45, 7) is 10.1. The molecule has 1 fully saturated rings. The molecule has 0 spiro atoms. The largest absolute Gasteiger partial charge is 0.374 e. The van der Waals surface area contributed by atoms with E-state index in [1.165, 1.54) is 24.9 Å². The van der Waals surface area contributed by atoms with E-state index in [4.69, 9.17) is 0 Å². The summed E-state index contributed by atoms with van der Waals surface area (Å²) in [7, 11) is 0. The van der Waals surface area contributed by atoms with Gasteiger partial charge >= 0.3 is 0 Å². The summed E-state index contributed by atoms with van der Waals surface area (Å²) < 4.78 is 0. The van der Waals surface area contributed by atoms with Crippen molar-refractivity contribution in [2.75, 3.05) is 23.3 Å². The number of hydrogen-bond acceptors (Lipinski definition) is 3. The van der Waals surface area contributed by atoms with Crippen LogP contribution in [-0.2, 0) is 4.79 Å². The number of piperidine rings is 1.